The summed E-state index contributed by atoms with van der Waals surface area (Å²) in [6.45, 7) is 4.79. The molecular formula is C16H25N3O2. The number of hydrogen-bond acceptors (Lipinski definition) is 4. The summed E-state index contributed by atoms with van der Waals surface area (Å²) in [7, 11) is 1.57. The quantitative estimate of drug-likeness (QED) is 0.818. The third-order valence-corrected chi connectivity index (χ3v) is 4.25. The number of likely N-dealkylation sites (tertiary alicyclic amines) is 1. The van der Waals surface area contributed by atoms with Crippen molar-refractivity contribution in [2.45, 2.75) is 45.2 Å². The minimum atomic E-state index is -0.00901. The molecule has 5 heteroatoms. The van der Waals surface area contributed by atoms with Crippen molar-refractivity contribution in [1.82, 2.24) is 4.90 Å². The first-order valence-electron chi connectivity index (χ1n) is 7.54. The van der Waals surface area contributed by atoms with Crippen molar-refractivity contribution in [1.29, 1.82) is 0 Å². The first-order valence-corrected chi connectivity index (χ1v) is 7.54. The predicted molar refractivity (Wildman–Crippen MR) is 85.5 cm³/mol. The minimum absolute atomic E-state index is 0.00901. The van der Waals surface area contributed by atoms with Crippen LogP contribution in [0.3, 0.4) is 0 Å². The summed E-state index contributed by atoms with van der Waals surface area (Å²) in [4.78, 5) is 14.6. The standard InChI is InChI=1S/C16H25N3O2/c1-4-13-7-5-11(2)19(13)10-16(20)18-14-8-6-12(17)9-15(14)21-3/h6,8-9,11,13H,4-5,7,10,17H2,1-3H3,(H,18,20). The largest absolute Gasteiger partial charge is 0.494 e. The number of benzene rings is 1. The first-order chi connectivity index (χ1) is 10.0. The van der Waals surface area contributed by atoms with Crippen molar-refractivity contribution in [2.75, 3.05) is 24.7 Å². The molecule has 0 aliphatic carbocycles. The molecule has 2 rings (SSSR count). The zero-order valence-electron chi connectivity index (χ0n) is 13.1. The molecular weight excluding hydrogens is 266 g/mol. The number of nitrogens with two attached hydrogens (primary N) is 1. The van der Waals surface area contributed by atoms with Gasteiger partial charge in [-0.2, -0.15) is 0 Å². The van der Waals surface area contributed by atoms with Gasteiger partial charge >= 0.3 is 0 Å². The number of nitrogens with one attached hydrogen (secondary N) is 1. The SMILES string of the molecule is CCC1CCC(C)N1CC(=O)Nc1ccc(N)cc1OC. The van der Waals surface area contributed by atoms with E-state index in [-0.39, 0.29) is 5.91 Å². The number of rotatable bonds is 5. The number of carbonyl (C=O) groups excluding carboxylic acids is 1. The average molecular weight is 291 g/mol. The third-order valence-electron chi connectivity index (χ3n) is 4.25. The fraction of sp³-hybridized carbons (Fsp3) is 0.562. The molecule has 116 valence electrons. The van der Waals surface area contributed by atoms with Crippen LogP contribution in [-0.2, 0) is 4.79 Å². The Kier molecular flexibility index (Phi) is 5.07. The smallest absolute Gasteiger partial charge is 0.238 e. The maximum Gasteiger partial charge on any atom is 0.238 e. The highest BCUT2D eigenvalue weighted by Crippen LogP contribution is 2.28. The van der Waals surface area contributed by atoms with E-state index in [1.807, 2.05) is 0 Å². The molecule has 0 aromatic heterocycles. The Morgan fingerprint density at radius 2 is 2.24 bits per heavy atom. The Morgan fingerprint density at radius 3 is 2.90 bits per heavy atom. The van der Waals surface area contributed by atoms with E-state index in [1.165, 1.54) is 6.42 Å². The highest BCUT2D eigenvalue weighted by molar-refractivity contribution is 5.94. The van der Waals surface area contributed by atoms with Crippen molar-refractivity contribution in [2.24, 2.45) is 0 Å². The van der Waals surface area contributed by atoms with E-state index in [1.54, 1.807) is 25.3 Å². The van der Waals surface area contributed by atoms with E-state index in [4.69, 9.17) is 10.5 Å². The normalized spacial score (nSPS) is 22.2. The summed E-state index contributed by atoms with van der Waals surface area (Å²) in [6, 6.07) is 6.22. The molecule has 1 fully saturated rings. The number of amides is 1. The topological polar surface area (TPSA) is 67.6 Å². The number of methoxy groups -OCH3 is 1. The molecule has 1 amide bonds. The first kappa shape index (κ1) is 15.6. The molecule has 1 aliphatic rings. The van der Waals surface area contributed by atoms with Gasteiger partial charge in [-0.1, -0.05) is 6.92 Å². The van der Waals surface area contributed by atoms with Crippen molar-refractivity contribution >= 4 is 17.3 Å². The second-order valence-electron chi connectivity index (χ2n) is 5.67. The van der Waals surface area contributed by atoms with Crippen LogP contribution in [0.4, 0.5) is 11.4 Å². The summed E-state index contributed by atoms with van der Waals surface area (Å²) < 4.78 is 5.25. The lowest BCUT2D eigenvalue weighted by atomic mass is 10.1. The summed E-state index contributed by atoms with van der Waals surface area (Å²) in [6.07, 6.45) is 3.43. The number of nitrogens with zero attached hydrogens (tertiary/aromatic N) is 1. The molecule has 1 saturated heterocycles. The Hall–Kier alpha value is -1.75. The maximum absolute atomic E-state index is 12.3. The molecule has 3 N–H and O–H groups in total. The van der Waals surface area contributed by atoms with E-state index < -0.39 is 0 Å². The van der Waals surface area contributed by atoms with Crippen LogP contribution in [-0.4, -0.2) is 36.5 Å². The molecule has 1 aromatic rings. The van der Waals surface area contributed by atoms with Crippen LogP contribution in [0.15, 0.2) is 18.2 Å². The van der Waals surface area contributed by atoms with Gasteiger partial charge in [0.2, 0.25) is 5.91 Å². The Morgan fingerprint density at radius 1 is 1.48 bits per heavy atom. The van der Waals surface area contributed by atoms with Crippen molar-refractivity contribution < 1.29 is 9.53 Å². The van der Waals surface area contributed by atoms with E-state index >= 15 is 0 Å². The maximum atomic E-state index is 12.3. The Balaban J connectivity index is 2.01. The number of anilines is 2. The Bertz CT molecular complexity index is 504. The summed E-state index contributed by atoms with van der Waals surface area (Å²) >= 11 is 0. The number of hydrogen-bond donors (Lipinski definition) is 2. The van der Waals surface area contributed by atoms with Gasteiger partial charge < -0.3 is 15.8 Å². The van der Waals surface area contributed by atoms with E-state index in [2.05, 4.69) is 24.1 Å². The van der Waals surface area contributed by atoms with Crippen molar-refractivity contribution in [3.63, 3.8) is 0 Å². The Labute approximate surface area is 126 Å². The fourth-order valence-electron chi connectivity index (χ4n) is 3.02. The zero-order valence-corrected chi connectivity index (χ0v) is 13.1. The number of ether oxygens (including phenoxy) is 1. The summed E-state index contributed by atoms with van der Waals surface area (Å²) in [5, 5.41) is 2.92. The number of carbonyl (C=O) groups is 1. The van der Waals surface area contributed by atoms with Crippen LogP contribution in [0.2, 0.25) is 0 Å². The monoisotopic (exact) mass is 291 g/mol. The zero-order chi connectivity index (χ0) is 15.4. The number of nitrogen functional groups attached to an aromatic ring is 1. The van der Waals surface area contributed by atoms with E-state index in [9.17, 15) is 4.79 Å². The molecule has 1 aromatic carbocycles. The molecule has 2 atom stereocenters. The van der Waals surface area contributed by atoms with Gasteiger partial charge in [0.1, 0.15) is 5.75 Å². The van der Waals surface area contributed by atoms with Crippen LogP contribution < -0.4 is 15.8 Å². The average Bonchev–Trinajstić information content (AvgIpc) is 2.81. The second kappa shape index (κ2) is 6.80. The summed E-state index contributed by atoms with van der Waals surface area (Å²) in [5.41, 5.74) is 7.00. The van der Waals surface area contributed by atoms with Crippen LogP contribution in [0.5, 0.6) is 5.75 Å². The van der Waals surface area contributed by atoms with Gasteiger partial charge in [-0.3, -0.25) is 9.69 Å². The van der Waals surface area contributed by atoms with Crippen molar-refractivity contribution in [3.8, 4) is 5.75 Å². The van der Waals surface area contributed by atoms with Gasteiger partial charge in [0.05, 0.1) is 19.3 Å². The highest BCUT2D eigenvalue weighted by Gasteiger charge is 2.30. The molecule has 0 spiro atoms. The highest BCUT2D eigenvalue weighted by atomic mass is 16.5. The lowest BCUT2D eigenvalue weighted by Crippen LogP contribution is -2.40. The van der Waals surface area contributed by atoms with Crippen LogP contribution in [0.1, 0.15) is 33.1 Å². The van der Waals surface area contributed by atoms with Gasteiger partial charge in [0.25, 0.3) is 0 Å². The lowest BCUT2D eigenvalue weighted by molar-refractivity contribution is -0.118. The van der Waals surface area contributed by atoms with Gasteiger partial charge in [0, 0.05) is 23.8 Å². The van der Waals surface area contributed by atoms with E-state index in [0.717, 1.165) is 12.8 Å². The molecule has 1 aliphatic heterocycles. The molecule has 0 radical (unpaired) electrons. The molecule has 1 heterocycles. The molecule has 0 bridgehead atoms. The summed E-state index contributed by atoms with van der Waals surface area (Å²) in [5.74, 6) is 0.579. The van der Waals surface area contributed by atoms with Gasteiger partial charge in [0.15, 0.2) is 0 Å². The van der Waals surface area contributed by atoms with E-state index in [0.29, 0.717) is 35.8 Å². The van der Waals surface area contributed by atoms with Crippen molar-refractivity contribution in [3.05, 3.63) is 18.2 Å². The molecule has 2 unspecified atom stereocenters. The van der Waals surface area contributed by atoms with Crippen LogP contribution in [0, 0.1) is 0 Å². The minimum Gasteiger partial charge on any atom is -0.494 e. The molecule has 0 saturated carbocycles. The molecule has 5 nitrogen and oxygen atoms in total. The third kappa shape index (κ3) is 3.67. The van der Waals surface area contributed by atoms with Gasteiger partial charge in [-0.25, -0.2) is 0 Å². The fourth-order valence-corrected chi connectivity index (χ4v) is 3.02. The second-order valence-corrected chi connectivity index (χ2v) is 5.67. The van der Waals surface area contributed by atoms with Crippen LogP contribution in [0.25, 0.3) is 0 Å². The van der Waals surface area contributed by atoms with Gasteiger partial charge in [-0.05, 0) is 38.3 Å². The molecule has 21 heavy (non-hydrogen) atoms. The van der Waals surface area contributed by atoms with Crippen LogP contribution >= 0.6 is 0 Å². The lowest BCUT2D eigenvalue weighted by Gasteiger charge is -2.27. The van der Waals surface area contributed by atoms with Gasteiger partial charge in [-0.15, -0.1) is 0 Å². The predicted octanol–water partition coefficient (Wildman–Crippen LogP) is 2.48.